The molecule has 1 fully saturated rings. The van der Waals surface area contributed by atoms with Gasteiger partial charge in [0.25, 0.3) is 5.92 Å². The summed E-state index contributed by atoms with van der Waals surface area (Å²) in [6, 6.07) is 7.39. The Morgan fingerprint density at radius 1 is 1.29 bits per heavy atom. The van der Waals surface area contributed by atoms with Gasteiger partial charge in [-0.15, -0.1) is 0 Å². The fourth-order valence-corrected chi connectivity index (χ4v) is 5.10. The second kappa shape index (κ2) is 9.58. The number of hydrogen-bond acceptors (Lipinski definition) is 4. The molecule has 2 N–H and O–H groups in total. The third-order valence-electron chi connectivity index (χ3n) is 7.17. The van der Waals surface area contributed by atoms with Crippen LogP contribution in [0.2, 0.25) is 5.02 Å². The summed E-state index contributed by atoms with van der Waals surface area (Å²) in [4.78, 5) is 19.1. The zero-order chi connectivity index (χ0) is 24.5. The van der Waals surface area contributed by atoms with Crippen LogP contribution in [0.15, 0.2) is 42.9 Å². The molecule has 1 saturated carbocycles. The lowest BCUT2D eigenvalue weighted by molar-refractivity contribution is -0.123. The topological polar surface area (TPSA) is 73.9 Å². The average Bonchev–Trinajstić information content (AvgIpc) is 3.47. The van der Waals surface area contributed by atoms with Crippen molar-refractivity contribution in [2.24, 2.45) is 5.41 Å². The van der Waals surface area contributed by atoms with Gasteiger partial charge in [0.1, 0.15) is 0 Å². The number of halogens is 3. The van der Waals surface area contributed by atoms with Crippen LogP contribution in [0, 0.1) is 5.41 Å². The number of amides is 1. The fourth-order valence-electron chi connectivity index (χ4n) is 4.81. The first-order valence-corrected chi connectivity index (χ1v) is 11.8. The molecule has 2 heterocycles. The number of nitrogens with zero attached hydrogens (tertiary/aromatic N) is 3. The lowest BCUT2D eigenvalue weighted by Crippen LogP contribution is -2.43. The number of alkyl halides is 2. The van der Waals surface area contributed by atoms with E-state index in [1.807, 2.05) is 31.1 Å². The largest absolute Gasteiger partial charge is 0.355 e. The Balaban J connectivity index is 1.45. The molecule has 0 aliphatic heterocycles. The van der Waals surface area contributed by atoms with Gasteiger partial charge in [-0.05, 0) is 63.5 Å². The molecular weight excluding hydrogens is 460 g/mol. The van der Waals surface area contributed by atoms with E-state index in [-0.39, 0.29) is 18.4 Å². The summed E-state index contributed by atoms with van der Waals surface area (Å²) in [5.74, 6) is -3.70. The number of carbonyl (C=O) groups excluding carboxylic acids is 1. The molecule has 9 heteroatoms. The van der Waals surface area contributed by atoms with Crippen LogP contribution in [0.3, 0.4) is 0 Å². The molecular formula is C25H30ClF2N5O. The van der Waals surface area contributed by atoms with Gasteiger partial charge in [0, 0.05) is 48.1 Å². The van der Waals surface area contributed by atoms with Crippen molar-refractivity contribution in [3.05, 3.63) is 59.0 Å². The predicted molar refractivity (Wildman–Crippen MR) is 129 cm³/mol. The first kappa shape index (κ1) is 24.5. The van der Waals surface area contributed by atoms with Crippen molar-refractivity contribution >= 4 is 28.4 Å². The number of likely N-dealkylation sites (N-methyl/N-ethyl adjacent to an activating group) is 1. The maximum atomic E-state index is 14.6. The highest BCUT2D eigenvalue weighted by atomic mass is 35.5. The Labute approximate surface area is 203 Å². The summed E-state index contributed by atoms with van der Waals surface area (Å²) in [5.41, 5.74) is 1.31. The number of hydrogen-bond donors (Lipinski definition) is 2. The van der Waals surface area contributed by atoms with Crippen LogP contribution in [0.25, 0.3) is 10.9 Å². The molecule has 1 aliphatic rings. The Morgan fingerprint density at radius 3 is 2.68 bits per heavy atom. The second-order valence-electron chi connectivity index (χ2n) is 9.58. The second-order valence-corrected chi connectivity index (χ2v) is 9.96. The Bertz CT molecular complexity index is 1140. The normalized spacial score (nSPS) is 17.0. The minimum atomic E-state index is -2.87. The molecule has 4 rings (SSSR count). The van der Waals surface area contributed by atoms with Gasteiger partial charge >= 0.3 is 0 Å². The van der Waals surface area contributed by atoms with E-state index in [0.717, 1.165) is 23.4 Å². The van der Waals surface area contributed by atoms with E-state index in [2.05, 4.69) is 20.5 Å². The molecule has 1 aromatic carbocycles. The molecule has 0 spiro atoms. The molecule has 0 radical (unpaired) electrons. The first-order chi connectivity index (χ1) is 16.1. The van der Waals surface area contributed by atoms with Gasteiger partial charge in [0.15, 0.2) is 0 Å². The van der Waals surface area contributed by atoms with Crippen molar-refractivity contribution in [2.75, 3.05) is 20.6 Å². The number of pyridine rings is 1. The van der Waals surface area contributed by atoms with Crippen LogP contribution in [-0.2, 0) is 11.2 Å². The number of aromatic nitrogens is 3. The summed E-state index contributed by atoms with van der Waals surface area (Å²) in [7, 11) is 3.88. The fraction of sp³-hybridized carbons (Fsp3) is 0.480. The molecule has 0 unspecified atom stereocenters. The highest BCUT2D eigenvalue weighted by Gasteiger charge is 2.63. The number of fused-ring (bicyclic) bond motifs is 1. The van der Waals surface area contributed by atoms with Crippen LogP contribution >= 0.6 is 11.6 Å². The van der Waals surface area contributed by atoms with E-state index in [9.17, 15) is 13.6 Å². The number of carbonyl (C=O) groups is 1. The predicted octanol–water partition coefficient (Wildman–Crippen LogP) is 4.81. The Morgan fingerprint density at radius 2 is 2.06 bits per heavy atom. The van der Waals surface area contributed by atoms with Crippen LogP contribution in [-0.4, -0.2) is 58.6 Å². The zero-order valence-electron chi connectivity index (χ0n) is 19.6. The monoisotopic (exact) mass is 489 g/mol. The SMILES string of the molecule is CN(C)[C@H](CNC(=O)C[C@@H](c1cccnc1)C1(C(C)(F)F)CC1)Cc1ccc2[nH]ncc2c1Cl. The summed E-state index contributed by atoms with van der Waals surface area (Å²) in [6.07, 6.45) is 6.33. The molecule has 182 valence electrons. The van der Waals surface area contributed by atoms with Gasteiger partial charge in [-0.2, -0.15) is 5.10 Å². The first-order valence-electron chi connectivity index (χ1n) is 11.4. The number of benzene rings is 1. The molecule has 34 heavy (non-hydrogen) atoms. The quantitative estimate of drug-likeness (QED) is 0.428. The zero-order valence-corrected chi connectivity index (χ0v) is 20.4. The minimum absolute atomic E-state index is 0.00297. The average molecular weight is 490 g/mol. The van der Waals surface area contributed by atoms with Crippen molar-refractivity contribution in [2.45, 2.75) is 50.5 Å². The number of aromatic amines is 1. The maximum Gasteiger partial charge on any atom is 0.251 e. The van der Waals surface area contributed by atoms with E-state index in [4.69, 9.17) is 11.6 Å². The number of rotatable bonds is 10. The molecule has 0 bridgehead atoms. The van der Waals surface area contributed by atoms with E-state index in [1.165, 1.54) is 0 Å². The van der Waals surface area contributed by atoms with Gasteiger partial charge in [-0.3, -0.25) is 14.9 Å². The number of H-pyrrole nitrogens is 1. The molecule has 3 aromatic rings. The summed E-state index contributed by atoms with van der Waals surface area (Å²) in [6.45, 7) is 1.34. The Hall–Kier alpha value is -2.58. The minimum Gasteiger partial charge on any atom is -0.355 e. The van der Waals surface area contributed by atoms with Crippen molar-refractivity contribution in [3.8, 4) is 0 Å². The van der Waals surface area contributed by atoms with Crippen LogP contribution in [0.5, 0.6) is 0 Å². The molecule has 2 aromatic heterocycles. The van der Waals surface area contributed by atoms with Gasteiger partial charge in [-0.25, -0.2) is 8.78 Å². The Kier molecular flexibility index (Phi) is 6.92. The lowest BCUT2D eigenvalue weighted by atomic mass is 9.77. The summed E-state index contributed by atoms with van der Waals surface area (Å²) >= 11 is 6.59. The summed E-state index contributed by atoms with van der Waals surface area (Å²) in [5, 5.41) is 11.4. The standard InChI is InChI=1S/C25H30ClF2N5O/c1-24(27,28)25(8-9-25)20(17-5-4-10-29-13-17)12-22(34)30-14-18(33(2)3)11-16-6-7-21-19(23(16)26)15-31-32-21/h4-7,10,13,15,18,20H,8-9,11-12,14H2,1-3H3,(H,30,34)(H,31,32)/t18-,20-/m0/s1. The van der Waals surface area contributed by atoms with Crippen molar-refractivity contribution in [1.29, 1.82) is 0 Å². The molecule has 2 atom stereocenters. The highest BCUT2D eigenvalue weighted by molar-refractivity contribution is 6.36. The van der Waals surface area contributed by atoms with E-state index in [0.29, 0.717) is 36.4 Å². The van der Waals surface area contributed by atoms with Crippen LogP contribution in [0.1, 0.15) is 43.2 Å². The molecule has 6 nitrogen and oxygen atoms in total. The van der Waals surface area contributed by atoms with Gasteiger partial charge in [0.2, 0.25) is 5.91 Å². The molecule has 1 amide bonds. The van der Waals surface area contributed by atoms with E-state index < -0.39 is 17.3 Å². The van der Waals surface area contributed by atoms with Crippen LogP contribution in [0.4, 0.5) is 8.78 Å². The van der Waals surface area contributed by atoms with Crippen molar-refractivity contribution < 1.29 is 13.6 Å². The smallest absolute Gasteiger partial charge is 0.251 e. The third-order valence-corrected chi connectivity index (χ3v) is 7.61. The van der Waals surface area contributed by atoms with E-state index >= 15 is 0 Å². The van der Waals surface area contributed by atoms with Crippen molar-refractivity contribution in [3.63, 3.8) is 0 Å². The highest BCUT2D eigenvalue weighted by Crippen LogP contribution is 2.65. The van der Waals surface area contributed by atoms with Crippen LogP contribution < -0.4 is 5.32 Å². The van der Waals surface area contributed by atoms with Gasteiger partial charge < -0.3 is 10.2 Å². The van der Waals surface area contributed by atoms with Crippen molar-refractivity contribution in [1.82, 2.24) is 25.4 Å². The molecule has 1 aliphatic carbocycles. The van der Waals surface area contributed by atoms with Gasteiger partial charge in [-0.1, -0.05) is 23.7 Å². The molecule has 0 saturated heterocycles. The number of nitrogens with one attached hydrogen (secondary N) is 2. The van der Waals surface area contributed by atoms with E-state index in [1.54, 1.807) is 30.7 Å². The van der Waals surface area contributed by atoms with Gasteiger partial charge in [0.05, 0.1) is 16.7 Å². The maximum absolute atomic E-state index is 14.6. The summed E-state index contributed by atoms with van der Waals surface area (Å²) < 4.78 is 29.1. The third kappa shape index (κ3) is 4.93. The lowest BCUT2D eigenvalue weighted by Gasteiger charge is -2.32.